The predicted molar refractivity (Wildman–Crippen MR) is 76.1 cm³/mol. The van der Waals surface area contributed by atoms with E-state index < -0.39 is 24.1 Å². The number of nitrogens with one attached hydrogen (secondary N) is 2. The Kier molecular flexibility index (Phi) is 4.71. The van der Waals surface area contributed by atoms with E-state index in [9.17, 15) is 18.4 Å². The van der Waals surface area contributed by atoms with E-state index in [2.05, 4.69) is 10.4 Å². The number of carbonyl (C=O) groups excluding carboxylic acids is 2. The average Bonchev–Trinajstić information content (AvgIpc) is 2.84. The predicted octanol–water partition coefficient (Wildman–Crippen LogP) is 2.97. The zero-order valence-electron chi connectivity index (χ0n) is 11.3. The van der Waals surface area contributed by atoms with E-state index in [1.807, 2.05) is 5.32 Å². The van der Waals surface area contributed by atoms with Crippen LogP contribution in [-0.2, 0) is 7.05 Å². The number of hydrogen-bond donors (Lipinski definition) is 2. The lowest BCUT2D eigenvalue weighted by Gasteiger charge is -2.07. The highest BCUT2D eigenvalue weighted by atomic mass is 35.5. The third kappa shape index (κ3) is 3.59. The summed E-state index contributed by atoms with van der Waals surface area (Å²) in [5.74, 6) is -0.979. The minimum Gasteiger partial charge on any atom is -0.306 e. The summed E-state index contributed by atoms with van der Waals surface area (Å²) < 4.78 is 26.6. The van der Waals surface area contributed by atoms with E-state index in [0.29, 0.717) is 0 Å². The van der Waals surface area contributed by atoms with Crippen molar-refractivity contribution in [1.82, 2.24) is 15.1 Å². The molecule has 1 aromatic heterocycles. The minimum atomic E-state index is -2.92. The summed E-state index contributed by atoms with van der Waals surface area (Å²) in [6.45, 7) is 0. The van der Waals surface area contributed by atoms with Crippen molar-refractivity contribution in [1.29, 1.82) is 0 Å². The fraction of sp³-hybridized carbons (Fsp3) is 0.154. The van der Waals surface area contributed by atoms with Gasteiger partial charge in [0.1, 0.15) is 5.69 Å². The van der Waals surface area contributed by atoms with Gasteiger partial charge < -0.3 is 5.32 Å². The standard InChI is InChI=1S/C13H11ClF2N4O2/c1-20-6-7(10(19-20)11(15)16)12(21)18-13(22)17-9-5-3-2-4-8(9)14/h2-6,11H,1H3,(H2,17,18,21,22). The summed E-state index contributed by atoms with van der Waals surface area (Å²) in [4.78, 5) is 23.6. The average molecular weight is 329 g/mol. The summed E-state index contributed by atoms with van der Waals surface area (Å²) in [6, 6.07) is 5.50. The molecule has 0 atom stereocenters. The van der Waals surface area contributed by atoms with Gasteiger partial charge in [0.05, 0.1) is 16.3 Å². The van der Waals surface area contributed by atoms with Gasteiger partial charge in [-0.15, -0.1) is 0 Å². The molecule has 22 heavy (non-hydrogen) atoms. The van der Waals surface area contributed by atoms with Gasteiger partial charge in [-0.1, -0.05) is 23.7 Å². The molecule has 9 heteroatoms. The molecule has 2 aromatic rings. The Balaban J connectivity index is 2.09. The second-order valence-electron chi connectivity index (χ2n) is 4.29. The number of benzene rings is 1. The van der Waals surface area contributed by atoms with E-state index >= 15 is 0 Å². The van der Waals surface area contributed by atoms with Crippen LogP contribution in [0, 0.1) is 0 Å². The van der Waals surface area contributed by atoms with Crippen molar-refractivity contribution in [2.45, 2.75) is 6.43 Å². The molecule has 1 heterocycles. The Bertz CT molecular complexity index is 718. The highest BCUT2D eigenvalue weighted by Crippen LogP contribution is 2.22. The molecule has 6 nitrogen and oxygen atoms in total. The van der Waals surface area contributed by atoms with Crippen LogP contribution in [0.25, 0.3) is 0 Å². The Morgan fingerprint density at radius 3 is 2.64 bits per heavy atom. The minimum absolute atomic E-state index is 0.278. The molecule has 0 aliphatic carbocycles. The topological polar surface area (TPSA) is 76.0 Å². The first-order valence-corrected chi connectivity index (χ1v) is 6.45. The number of alkyl halides is 2. The molecule has 0 saturated carbocycles. The van der Waals surface area contributed by atoms with Gasteiger partial charge in [0, 0.05) is 13.2 Å². The highest BCUT2D eigenvalue weighted by molar-refractivity contribution is 6.33. The summed E-state index contributed by atoms with van der Waals surface area (Å²) in [6.07, 6.45) is -1.81. The van der Waals surface area contributed by atoms with Crippen LogP contribution in [0.3, 0.4) is 0 Å². The van der Waals surface area contributed by atoms with Gasteiger partial charge in [0.15, 0.2) is 0 Å². The Hall–Kier alpha value is -2.48. The highest BCUT2D eigenvalue weighted by Gasteiger charge is 2.23. The Morgan fingerprint density at radius 1 is 1.32 bits per heavy atom. The molecule has 0 aliphatic heterocycles. The molecule has 0 fully saturated rings. The Morgan fingerprint density at radius 2 is 2.00 bits per heavy atom. The summed E-state index contributed by atoms with van der Waals surface area (Å²) >= 11 is 5.85. The van der Waals surface area contributed by atoms with Crippen LogP contribution in [0.15, 0.2) is 30.5 Å². The van der Waals surface area contributed by atoms with E-state index in [1.54, 1.807) is 18.2 Å². The number of para-hydroxylation sites is 1. The quantitative estimate of drug-likeness (QED) is 0.909. The van der Waals surface area contributed by atoms with Crippen molar-refractivity contribution in [3.05, 3.63) is 46.7 Å². The molecule has 0 aliphatic rings. The SMILES string of the molecule is Cn1cc(C(=O)NC(=O)Nc2ccccc2Cl)c(C(F)F)n1. The number of imide groups is 1. The molecular weight excluding hydrogens is 318 g/mol. The van der Waals surface area contributed by atoms with Crippen LogP contribution in [0.1, 0.15) is 22.5 Å². The van der Waals surface area contributed by atoms with E-state index in [0.717, 1.165) is 10.9 Å². The van der Waals surface area contributed by atoms with Gasteiger partial charge in [-0.2, -0.15) is 5.10 Å². The van der Waals surface area contributed by atoms with Gasteiger partial charge in [0.25, 0.3) is 12.3 Å². The number of hydrogen-bond acceptors (Lipinski definition) is 3. The first-order chi connectivity index (χ1) is 10.4. The monoisotopic (exact) mass is 328 g/mol. The van der Waals surface area contributed by atoms with Crippen molar-refractivity contribution in [2.24, 2.45) is 7.05 Å². The maximum Gasteiger partial charge on any atom is 0.326 e. The van der Waals surface area contributed by atoms with Gasteiger partial charge in [-0.25, -0.2) is 13.6 Å². The number of amides is 3. The molecule has 0 radical (unpaired) electrons. The zero-order chi connectivity index (χ0) is 16.3. The van der Waals surface area contributed by atoms with Crippen molar-refractivity contribution in [2.75, 3.05) is 5.32 Å². The van der Waals surface area contributed by atoms with Gasteiger partial charge >= 0.3 is 6.03 Å². The molecule has 2 N–H and O–H groups in total. The first kappa shape index (κ1) is 15.9. The van der Waals surface area contributed by atoms with E-state index in [-0.39, 0.29) is 16.3 Å². The fourth-order valence-electron chi connectivity index (χ4n) is 1.73. The Labute approximate surface area is 129 Å². The summed E-state index contributed by atoms with van der Waals surface area (Å²) in [7, 11) is 1.40. The van der Waals surface area contributed by atoms with E-state index in [1.165, 1.54) is 13.1 Å². The van der Waals surface area contributed by atoms with Crippen LogP contribution in [0.5, 0.6) is 0 Å². The fourth-order valence-corrected chi connectivity index (χ4v) is 1.91. The summed E-state index contributed by atoms with van der Waals surface area (Å²) in [5, 5.41) is 8.06. The van der Waals surface area contributed by atoms with Crippen molar-refractivity contribution in [3.63, 3.8) is 0 Å². The van der Waals surface area contributed by atoms with Crippen LogP contribution in [-0.4, -0.2) is 21.7 Å². The second-order valence-corrected chi connectivity index (χ2v) is 4.70. The lowest BCUT2D eigenvalue weighted by atomic mass is 10.2. The maximum atomic E-state index is 12.8. The second kappa shape index (κ2) is 6.52. The van der Waals surface area contributed by atoms with Crippen molar-refractivity contribution in [3.8, 4) is 0 Å². The molecule has 116 valence electrons. The largest absolute Gasteiger partial charge is 0.326 e. The molecule has 3 amide bonds. The third-order valence-corrected chi connectivity index (χ3v) is 2.99. The number of carbonyl (C=O) groups is 2. The van der Waals surface area contributed by atoms with Gasteiger partial charge in [0.2, 0.25) is 0 Å². The van der Waals surface area contributed by atoms with Gasteiger partial charge in [-0.05, 0) is 12.1 Å². The maximum absolute atomic E-state index is 12.8. The zero-order valence-corrected chi connectivity index (χ0v) is 12.1. The number of aromatic nitrogens is 2. The lowest BCUT2D eigenvalue weighted by molar-refractivity contribution is 0.0952. The molecule has 0 bridgehead atoms. The lowest BCUT2D eigenvalue weighted by Crippen LogP contribution is -2.34. The molecule has 1 aromatic carbocycles. The normalized spacial score (nSPS) is 10.6. The van der Waals surface area contributed by atoms with Crippen LogP contribution in [0.4, 0.5) is 19.3 Å². The van der Waals surface area contributed by atoms with Gasteiger partial charge in [-0.3, -0.25) is 14.8 Å². The molecular formula is C13H11ClF2N4O2. The molecule has 0 unspecified atom stereocenters. The van der Waals surface area contributed by atoms with Crippen LogP contribution < -0.4 is 10.6 Å². The number of anilines is 1. The third-order valence-electron chi connectivity index (χ3n) is 2.66. The molecule has 0 spiro atoms. The van der Waals surface area contributed by atoms with Crippen LogP contribution >= 0.6 is 11.6 Å². The number of aryl methyl sites for hydroxylation is 1. The molecule has 2 rings (SSSR count). The molecule has 0 saturated heterocycles. The number of urea groups is 1. The summed E-state index contributed by atoms with van der Waals surface area (Å²) in [5.41, 5.74) is -0.771. The number of nitrogens with zero attached hydrogens (tertiary/aromatic N) is 2. The number of halogens is 3. The van der Waals surface area contributed by atoms with Crippen molar-refractivity contribution < 1.29 is 18.4 Å². The van der Waals surface area contributed by atoms with Crippen molar-refractivity contribution >= 4 is 29.2 Å². The smallest absolute Gasteiger partial charge is 0.306 e. The number of rotatable bonds is 3. The van der Waals surface area contributed by atoms with E-state index in [4.69, 9.17) is 11.6 Å². The van der Waals surface area contributed by atoms with Crippen LogP contribution in [0.2, 0.25) is 5.02 Å². The first-order valence-electron chi connectivity index (χ1n) is 6.07.